The predicted molar refractivity (Wildman–Crippen MR) is 123 cm³/mol. The van der Waals surface area contributed by atoms with Crippen molar-refractivity contribution in [2.45, 2.75) is 84.2 Å². The van der Waals surface area contributed by atoms with Gasteiger partial charge in [-0.25, -0.2) is 4.57 Å². The van der Waals surface area contributed by atoms with Crippen LogP contribution in [0.5, 0.6) is 0 Å². The van der Waals surface area contributed by atoms with Crippen LogP contribution in [-0.2, 0) is 23.1 Å². The SMILES string of the molecule is CCCCCCCCCCCCOC[C@H](COP(=O)(O)OCC[N+](C)(C)C)OCC. The van der Waals surface area contributed by atoms with E-state index in [0.717, 1.165) is 6.42 Å². The first-order valence-corrected chi connectivity index (χ1v) is 13.3. The van der Waals surface area contributed by atoms with Crippen molar-refractivity contribution in [1.29, 1.82) is 0 Å². The zero-order valence-corrected chi connectivity index (χ0v) is 21.2. The fourth-order valence-electron chi connectivity index (χ4n) is 2.93. The minimum atomic E-state index is -4.07. The molecular weight excluding hydrogens is 405 g/mol. The van der Waals surface area contributed by atoms with Crippen molar-refractivity contribution in [3.63, 3.8) is 0 Å². The fraction of sp³-hybridized carbons (Fsp3) is 1.00. The fourth-order valence-corrected chi connectivity index (χ4v) is 3.67. The monoisotopic (exact) mass is 454 g/mol. The molecule has 0 rings (SSSR count). The van der Waals surface area contributed by atoms with Crippen molar-refractivity contribution in [2.75, 3.05) is 60.7 Å². The zero-order valence-electron chi connectivity index (χ0n) is 20.3. The lowest BCUT2D eigenvalue weighted by Gasteiger charge is -2.24. The molecule has 0 fully saturated rings. The molecule has 30 heavy (non-hydrogen) atoms. The van der Waals surface area contributed by atoms with E-state index in [1.807, 2.05) is 28.1 Å². The number of likely N-dealkylation sites (N-methyl/N-ethyl adjacent to an activating group) is 1. The zero-order chi connectivity index (χ0) is 22.7. The molecule has 0 amide bonds. The molecule has 0 radical (unpaired) electrons. The van der Waals surface area contributed by atoms with Crippen LogP contribution in [0.4, 0.5) is 0 Å². The van der Waals surface area contributed by atoms with E-state index in [1.54, 1.807) is 0 Å². The molecular formula is C22H49NO6P+. The Morgan fingerprint density at radius 2 is 1.37 bits per heavy atom. The number of hydrogen-bond acceptors (Lipinski definition) is 5. The molecule has 1 N–H and O–H groups in total. The molecule has 0 bridgehead atoms. The van der Waals surface area contributed by atoms with E-state index in [-0.39, 0.29) is 19.3 Å². The normalized spacial score (nSPS) is 15.3. The Balaban J connectivity index is 3.78. The van der Waals surface area contributed by atoms with Crippen LogP contribution in [0.25, 0.3) is 0 Å². The number of quaternary nitrogens is 1. The summed E-state index contributed by atoms with van der Waals surface area (Å²) in [5, 5.41) is 0. The molecule has 0 aromatic rings. The quantitative estimate of drug-likeness (QED) is 0.138. The smallest absolute Gasteiger partial charge is 0.379 e. The van der Waals surface area contributed by atoms with Gasteiger partial charge in [0.05, 0.1) is 34.4 Å². The van der Waals surface area contributed by atoms with Gasteiger partial charge in [-0.15, -0.1) is 0 Å². The van der Waals surface area contributed by atoms with Gasteiger partial charge in [0.2, 0.25) is 0 Å². The number of phosphoric ester groups is 1. The first-order chi connectivity index (χ1) is 14.2. The van der Waals surface area contributed by atoms with Crippen LogP contribution in [0.3, 0.4) is 0 Å². The Bertz CT molecular complexity index is 430. The van der Waals surface area contributed by atoms with Crippen LogP contribution in [0.1, 0.15) is 78.1 Å². The van der Waals surface area contributed by atoms with E-state index in [9.17, 15) is 9.46 Å². The van der Waals surface area contributed by atoms with E-state index in [2.05, 4.69) is 6.92 Å². The number of hydrogen-bond donors (Lipinski definition) is 1. The van der Waals surface area contributed by atoms with Crippen molar-refractivity contribution < 1.29 is 32.5 Å². The lowest BCUT2D eigenvalue weighted by atomic mass is 10.1. The van der Waals surface area contributed by atoms with Crippen molar-refractivity contribution in [3.8, 4) is 0 Å². The molecule has 1 unspecified atom stereocenters. The predicted octanol–water partition coefficient (Wildman–Crippen LogP) is 5.17. The van der Waals surface area contributed by atoms with Crippen molar-refractivity contribution >= 4 is 7.82 Å². The maximum absolute atomic E-state index is 12.0. The summed E-state index contributed by atoms with van der Waals surface area (Å²) in [5.41, 5.74) is 0. The van der Waals surface area contributed by atoms with Crippen LogP contribution in [-0.4, -0.2) is 76.2 Å². The molecule has 0 aromatic carbocycles. The second-order valence-electron chi connectivity index (χ2n) is 8.95. The number of rotatable bonds is 22. The average Bonchev–Trinajstić information content (AvgIpc) is 2.65. The summed E-state index contributed by atoms with van der Waals surface area (Å²) in [6.45, 7) is 6.40. The molecule has 0 aromatic heterocycles. The summed E-state index contributed by atoms with van der Waals surface area (Å²) in [6, 6.07) is 0. The Kier molecular flexibility index (Phi) is 18.5. The summed E-state index contributed by atoms with van der Waals surface area (Å²) in [5.74, 6) is 0. The Hall–Kier alpha value is -0.0100. The van der Waals surface area contributed by atoms with Gasteiger partial charge in [0.25, 0.3) is 0 Å². The summed E-state index contributed by atoms with van der Waals surface area (Å²) < 4.78 is 34.0. The minimum Gasteiger partial charge on any atom is -0.379 e. The second kappa shape index (κ2) is 18.6. The van der Waals surface area contributed by atoms with Crippen LogP contribution in [0, 0.1) is 0 Å². The topological polar surface area (TPSA) is 74.2 Å². The van der Waals surface area contributed by atoms with Crippen LogP contribution < -0.4 is 0 Å². The summed E-state index contributed by atoms with van der Waals surface area (Å²) >= 11 is 0. The highest BCUT2D eigenvalue weighted by Gasteiger charge is 2.24. The molecule has 2 atom stereocenters. The molecule has 0 spiro atoms. The van der Waals surface area contributed by atoms with Crippen LogP contribution in [0.15, 0.2) is 0 Å². The summed E-state index contributed by atoms with van der Waals surface area (Å²) in [6.07, 6.45) is 12.5. The second-order valence-corrected chi connectivity index (χ2v) is 10.4. The number of ether oxygens (including phenoxy) is 2. The van der Waals surface area contributed by atoms with Crippen molar-refractivity contribution in [1.82, 2.24) is 0 Å². The summed E-state index contributed by atoms with van der Waals surface area (Å²) in [7, 11) is 1.90. The van der Waals surface area contributed by atoms with Gasteiger partial charge < -0.3 is 18.9 Å². The third-order valence-electron chi connectivity index (χ3n) is 4.79. The third-order valence-corrected chi connectivity index (χ3v) is 5.77. The van der Waals surface area contributed by atoms with Gasteiger partial charge in [-0.1, -0.05) is 64.7 Å². The van der Waals surface area contributed by atoms with Crippen LogP contribution in [0.2, 0.25) is 0 Å². The van der Waals surface area contributed by atoms with Crippen molar-refractivity contribution in [3.05, 3.63) is 0 Å². The number of unbranched alkanes of at least 4 members (excludes halogenated alkanes) is 9. The highest BCUT2D eigenvalue weighted by molar-refractivity contribution is 7.47. The van der Waals surface area contributed by atoms with Gasteiger partial charge >= 0.3 is 7.82 Å². The molecule has 0 aliphatic heterocycles. The molecule has 0 heterocycles. The average molecular weight is 455 g/mol. The van der Waals surface area contributed by atoms with E-state index in [4.69, 9.17) is 18.5 Å². The third kappa shape index (κ3) is 21.2. The maximum Gasteiger partial charge on any atom is 0.472 e. The van der Waals surface area contributed by atoms with Crippen LogP contribution >= 0.6 is 7.82 Å². The maximum atomic E-state index is 12.0. The van der Waals surface area contributed by atoms with Gasteiger partial charge in [-0.2, -0.15) is 0 Å². The molecule has 8 heteroatoms. The van der Waals surface area contributed by atoms with Gasteiger partial charge in [-0.3, -0.25) is 9.05 Å². The van der Waals surface area contributed by atoms with Gasteiger partial charge in [-0.05, 0) is 13.3 Å². The van der Waals surface area contributed by atoms with Crippen molar-refractivity contribution in [2.24, 2.45) is 0 Å². The number of nitrogens with zero attached hydrogens (tertiary/aromatic N) is 1. The Labute approximate surface area is 185 Å². The van der Waals surface area contributed by atoms with E-state index >= 15 is 0 Å². The largest absolute Gasteiger partial charge is 0.472 e. The molecule has 0 aliphatic carbocycles. The Morgan fingerprint density at radius 3 is 1.90 bits per heavy atom. The number of phosphoric acid groups is 1. The first-order valence-electron chi connectivity index (χ1n) is 11.8. The Morgan fingerprint density at radius 1 is 0.800 bits per heavy atom. The molecule has 182 valence electrons. The first kappa shape index (κ1) is 30.0. The molecule has 0 aliphatic rings. The van der Waals surface area contributed by atoms with E-state index < -0.39 is 7.82 Å². The lowest BCUT2D eigenvalue weighted by molar-refractivity contribution is -0.870. The van der Waals surface area contributed by atoms with E-state index in [0.29, 0.717) is 30.8 Å². The highest BCUT2D eigenvalue weighted by atomic mass is 31.2. The standard InChI is InChI=1S/C22H48NO6P/c1-6-8-9-10-11-12-13-14-15-16-18-26-20-22(27-7-2)21-29-30(24,25)28-19-17-23(3,4)5/h22H,6-21H2,1-5H3/p+1/t22-/m1/s1. The van der Waals surface area contributed by atoms with E-state index in [1.165, 1.54) is 57.8 Å². The van der Waals surface area contributed by atoms with Gasteiger partial charge in [0.1, 0.15) is 19.3 Å². The summed E-state index contributed by atoms with van der Waals surface area (Å²) in [4.78, 5) is 9.81. The highest BCUT2D eigenvalue weighted by Crippen LogP contribution is 2.43. The minimum absolute atomic E-state index is 0.0238. The molecule has 7 nitrogen and oxygen atoms in total. The van der Waals surface area contributed by atoms with Gasteiger partial charge in [0, 0.05) is 13.2 Å². The molecule has 0 saturated carbocycles. The molecule has 0 saturated heterocycles. The van der Waals surface area contributed by atoms with Gasteiger partial charge in [0.15, 0.2) is 0 Å². The lowest BCUT2D eigenvalue weighted by Crippen LogP contribution is -2.37.